The average Bonchev–Trinajstić information content (AvgIpc) is 2.76. The topological polar surface area (TPSA) is 64.1 Å². The SMILES string of the molecule is CSc1ccc(Cc2cc(C(=O)NC3CCOCC3C)nc3ccccc23)cn1. The summed E-state index contributed by atoms with van der Waals surface area (Å²) < 4.78 is 5.48. The van der Waals surface area contributed by atoms with Crippen LogP contribution in [0.1, 0.15) is 35.0 Å². The Morgan fingerprint density at radius 1 is 1.28 bits per heavy atom. The molecule has 3 heterocycles. The van der Waals surface area contributed by atoms with Gasteiger partial charge in [0.2, 0.25) is 0 Å². The second-order valence-corrected chi connectivity index (χ2v) is 8.32. The largest absolute Gasteiger partial charge is 0.381 e. The fourth-order valence-electron chi connectivity index (χ4n) is 3.70. The van der Waals surface area contributed by atoms with Gasteiger partial charge in [-0.3, -0.25) is 4.79 Å². The zero-order valence-electron chi connectivity index (χ0n) is 16.7. The van der Waals surface area contributed by atoms with Crippen LogP contribution in [0.4, 0.5) is 0 Å². The number of para-hydroxylation sites is 1. The zero-order chi connectivity index (χ0) is 20.2. The Kier molecular flexibility index (Phi) is 6.11. The minimum atomic E-state index is -0.119. The Labute approximate surface area is 175 Å². The number of ether oxygens (including phenoxy) is 1. The van der Waals surface area contributed by atoms with Crippen molar-refractivity contribution in [2.45, 2.75) is 30.8 Å². The number of aromatic nitrogens is 2. The number of rotatable bonds is 5. The Bertz CT molecular complexity index is 1010. The number of benzene rings is 1. The maximum absolute atomic E-state index is 13.0. The molecule has 0 radical (unpaired) electrons. The minimum Gasteiger partial charge on any atom is -0.381 e. The van der Waals surface area contributed by atoms with Crippen LogP contribution < -0.4 is 5.32 Å². The van der Waals surface area contributed by atoms with Gasteiger partial charge in [0.05, 0.1) is 17.1 Å². The molecule has 1 fully saturated rings. The molecule has 1 amide bonds. The van der Waals surface area contributed by atoms with Crippen molar-refractivity contribution < 1.29 is 9.53 Å². The molecule has 3 aromatic rings. The standard InChI is InChI=1S/C23H25N3O2S/c1-15-14-28-10-9-19(15)26-23(27)21-12-17(18-5-3-4-6-20(18)25-21)11-16-7-8-22(29-2)24-13-16/h3-8,12-13,15,19H,9-11,14H2,1-2H3,(H,26,27). The highest BCUT2D eigenvalue weighted by Crippen LogP contribution is 2.23. The van der Waals surface area contributed by atoms with E-state index >= 15 is 0 Å². The van der Waals surface area contributed by atoms with Crippen molar-refractivity contribution in [2.24, 2.45) is 5.92 Å². The van der Waals surface area contributed by atoms with E-state index < -0.39 is 0 Å². The number of amides is 1. The number of carbonyl (C=O) groups excluding carboxylic acids is 1. The highest BCUT2D eigenvalue weighted by atomic mass is 32.2. The molecule has 1 aromatic carbocycles. The quantitative estimate of drug-likeness (QED) is 0.645. The number of nitrogens with one attached hydrogen (secondary N) is 1. The summed E-state index contributed by atoms with van der Waals surface area (Å²) in [5.41, 5.74) is 3.50. The van der Waals surface area contributed by atoms with Gasteiger partial charge in [0.25, 0.3) is 5.91 Å². The number of carbonyl (C=O) groups is 1. The number of pyridine rings is 2. The van der Waals surface area contributed by atoms with Gasteiger partial charge in [-0.2, -0.15) is 0 Å². The molecule has 2 atom stereocenters. The Morgan fingerprint density at radius 3 is 2.90 bits per heavy atom. The summed E-state index contributed by atoms with van der Waals surface area (Å²) in [7, 11) is 0. The van der Waals surface area contributed by atoms with E-state index in [-0.39, 0.29) is 11.9 Å². The van der Waals surface area contributed by atoms with Crippen LogP contribution in [0.15, 0.2) is 53.7 Å². The van der Waals surface area contributed by atoms with E-state index in [9.17, 15) is 4.79 Å². The van der Waals surface area contributed by atoms with Gasteiger partial charge in [0.15, 0.2) is 0 Å². The Balaban J connectivity index is 1.63. The van der Waals surface area contributed by atoms with E-state index in [2.05, 4.69) is 34.3 Å². The number of fused-ring (bicyclic) bond motifs is 1. The third kappa shape index (κ3) is 4.60. The van der Waals surface area contributed by atoms with Crippen molar-refractivity contribution in [3.05, 3.63) is 65.5 Å². The van der Waals surface area contributed by atoms with Crippen molar-refractivity contribution in [3.8, 4) is 0 Å². The van der Waals surface area contributed by atoms with Crippen LogP contribution in [-0.2, 0) is 11.2 Å². The summed E-state index contributed by atoms with van der Waals surface area (Å²) >= 11 is 1.63. The summed E-state index contributed by atoms with van der Waals surface area (Å²) in [6, 6.07) is 14.1. The molecule has 2 aromatic heterocycles. The Hall–Kier alpha value is -2.44. The summed E-state index contributed by atoms with van der Waals surface area (Å²) in [6.07, 6.45) is 5.46. The molecule has 0 bridgehead atoms. The first-order valence-electron chi connectivity index (χ1n) is 9.90. The van der Waals surface area contributed by atoms with Crippen molar-refractivity contribution in [1.82, 2.24) is 15.3 Å². The number of thioether (sulfide) groups is 1. The molecule has 6 heteroatoms. The number of nitrogens with zero attached hydrogens (tertiary/aromatic N) is 2. The van der Waals surface area contributed by atoms with Crippen LogP contribution in [0.2, 0.25) is 0 Å². The van der Waals surface area contributed by atoms with Gasteiger partial charge in [-0.25, -0.2) is 9.97 Å². The van der Waals surface area contributed by atoms with Crippen molar-refractivity contribution in [3.63, 3.8) is 0 Å². The summed E-state index contributed by atoms with van der Waals surface area (Å²) in [4.78, 5) is 22.1. The van der Waals surface area contributed by atoms with Crippen molar-refractivity contribution in [2.75, 3.05) is 19.5 Å². The first kappa shape index (κ1) is 19.9. The molecule has 0 spiro atoms. The molecular weight excluding hydrogens is 382 g/mol. The maximum atomic E-state index is 13.0. The van der Waals surface area contributed by atoms with Gasteiger partial charge < -0.3 is 10.1 Å². The van der Waals surface area contributed by atoms with Gasteiger partial charge >= 0.3 is 0 Å². The smallest absolute Gasteiger partial charge is 0.270 e. The molecule has 1 aliphatic heterocycles. The first-order chi connectivity index (χ1) is 14.1. The van der Waals surface area contributed by atoms with Gasteiger partial charge in [-0.15, -0.1) is 11.8 Å². The molecular formula is C23H25N3O2S. The molecule has 150 valence electrons. The van der Waals surface area contributed by atoms with E-state index in [0.717, 1.165) is 33.5 Å². The fourth-order valence-corrected chi connectivity index (χ4v) is 4.07. The fraction of sp³-hybridized carbons (Fsp3) is 0.348. The van der Waals surface area contributed by atoms with Gasteiger partial charge in [0, 0.05) is 24.2 Å². The first-order valence-corrected chi connectivity index (χ1v) is 11.1. The second kappa shape index (κ2) is 8.93. The van der Waals surface area contributed by atoms with Gasteiger partial charge in [-0.05, 0) is 54.3 Å². The van der Waals surface area contributed by atoms with E-state index in [0.29, 0.717) is 31.2 Å². The molecule has 1 aliphatic rings. The summed E-state index contributed by atoms with van der Waals surface area (Å²) in [5.74, 6) is 0.181. The molecule has 1 N–H and O–H groups in total. The zero-order valence-corrected chi connectivity index (χ0v) is 17.5. The molecule has 0 saturated carbocycles. The summed E-state index contributed by atoms with van der Waals surface area (Å²) in [5, 5.41) is 5.23. The van der Waals surface area contributed by atoms with E-state index in [1.807, 2.05) is 42.8 Å². The molecule has 4 rings (SSSR count). The predicted octanol–water partition coefficient (Wildman–Crippen LogP) is 4.10. The molecule has 2 unspecified atom stereocenters. The summed E-state index contributed by atoms with van der Waals surface area (Å²) in [6.45, 7) is 3.47. The van der Waals surface area contributed by atoms with Crippen LogP contribution in [0.25, 0.3) is 10.9 Å². The van der Waals surface area contributed by atoms with Crippen LogP contribution >= 0.6 is 11.8 Å². The Morgan fingerprint density at radius 2 is 2.14 bits per heavy atom. The van der Waals surface area contributed by atoms with Gasteiger partial charge in [0.1, 0.15) is 5.69 Å². The van der Waals surface area contributed by atoms with Gasteiger partial charge in [-0.1, -0.05) is 31.2 Å². The highest BCUT2D eigenvalue weighted by molar-refractivity contribution is 7.98. The lowest BCUT2D eigenvalue weighted by molar-refractivity contribution is 0.0374. The van der Waals surface area contributed by atoms with Crippen LogP contribution in [-0.4, -0.2) is 41.4 Å². The third-order valence-corrected chi connectivity index (χ3v) is 6.05. The lowest BCUT2D eigenvalue weighted by atomic mass is 9.97. The van der Waals surface area contributed by atoms with Crippen molar-refractivity contribution >= 4 is 28.6 Å². The predicted molar refractivity (Wildman–Crippen MR) is 116 cm³/mol. The molecule has 29 heavy (non-hydrogen) atoms. The monoisotopic (exact) mass is 407 g/mol. The molecule has 1 saturated heterocycles. The van der Waals surface area contributed by atoms with E-state index in [4.69, 9.17) is 4.74 Å². The minimum absolute atomic E-state index is 0.119. The van der Waals surface area contributed by atoms with Crippen LogP contribution in [0.5, 0.6) is 0 Å². The highest BCUT2D eigenvalue weighted by Gasteiger charge is 2.24. The molecule has 5 nitrogen and oxygen atoms in total. The molecule has 0 aliphatic carbocycles. The van der Waals surface area contributed by atoms with E-state index in [1.54, 1.807) is 11.8 Å². The average molecular weight is 408 g/mol. The lowest BCUT2D eigenvalue weighted by Gasteiger charge is -2.29. The van der Waals surface area contributed by atoms with Crippen LogP contribution in [0, 0.1) is 5.92 Å². The number of hydrogen-bond acceptors (Lipinski definition) is 5. The van der Waals surface area contributed by atoms with Crippen molar-refractivity contribution in [1.29, 1.82) is 0 Å². The van der Waals surface area contributed by atoms with E-state index in [1.165, 1.54) is 0 Å². The lowest BCUT2D eigenvalue weighted by Crippen LogP contribution is -2.44. The maximum Gasteiger partial charge on any atom is 0.270 e. The number of hydrogen-bond donors (Lipinski definition) is 1. The van der Waals surface area contributed by atoms with Crippen LogP contribution in [0.3, 0.4) is 0 Å². The third-order valence-electron chi connectivity index (χ3n) is 5.39. The normalized spacial score (nSPS) is 19.2. The second-order valence-electron chi connectivity index (χ2n) is 7.49.